The van der Waals surface area contributed by atoms with Crippen molar-refractivity contribution >= 4 is 45.8 Å². The molecule has 1 saturated carbocycles. The van der Waals surface area contributed by atoms with E-state index in [0.29, 0.717) is 29.3 Å². The molecule has 0 bridgehead atoms. The molecule has 4 nitrogen and oxygen atoms in total. The van der Waals surface area contributed by atoms with Gasteiger partial charge in [-0.3, -0.25) is 9.59 Å². The number of benzene rings is 3. The van der Waals surface area contributed by atoms with Crippen molar-refractivity contribution in [3.63, 3.8) is 0 Å². The Kier molecular flexibility index (Phi) is 8.69. The molecule has 0 radical (unpaired) electrons. The third kappa shape index (κ3) is 6.36. The van der Waals surface area contributed by atoms with E-state index in [4.69, 9.17) is 23.2 Å². The Morgan fingerprint density at radius 1 is 1.00 bits per heavy atom. The molecule has 184 valence electrons. The van der Waals surface area contributed by atoms with Gasteiger partial charge in [-0.05, 0) is 59.7 Å². The highest BCUT2D eigenvalue weighted by Crippen LogP contribution is 2.26. The van der Waals surface area contributed by atoms with Crippen LogP contribution >= 0.6 is 23.2 Å². The molecule has 0 saturated heterocycles. The first-order valence-electron chi connectivity index (χ1n) is 12.5. The number of hydrogen-bond donors (Lipinski definition) is 1. The molecule has 6 heteroatoms. The first-order valence-corrected chi connectivity index (χ1v) is 13.2. The second-order valence-corrected chi connectivity index (χ2v) is 10.2. The van der Waals surface area contributed by atoms with E-state index in [9.17, 15) is 9.59 Å². The Balaban J connectivity index is 1.56. The van der Waals surface area contributed by atoms with Gasteiger partial charge < -0.3 is 10.2 Å². The summed E-state index contributed by atoms with van der Waals surface area (Å²) < 4.78 is 0. The molecule has 4 rings (SSSR count). The Hall–Kier alpha value is -2.56. The highest BCUT2D eigenvalue weighted by Gasteiger charge is 2.30. The zero-order valence-corrected chi connectivity index (χ0v) is 21.6. The van der Waals surface area contributed by atoms with Crippen molar-refractivity contribution in [2.45, 2.75) is 70.5 Å². The molecular weight excluding hydrogens is 479 g/mol. The van der Waals surface area contributed by atoms with Crippen molar-refractivity contribution in [3.8, 4) is 0 Å². The van der Waals surface area contributed by atoms with Gasteiger partial charge in [0, 0.05) is 29.1 Å². The van der Waals surface area contributed by atoms with Crippen molar-refractivity contribution in [2.75, 3.05) is 0 Å². The number of halogens is 2. The van der Waals surface area contributed by atoms with Crippen LogP contribution in [-0.4, -0.2) is 28.8 Å². The van der Waals surface area contributed by atoms with Crippen LogP contribution in [0.25, 0.3) is 10.8 Å². The number of fused-ring (bicyclic) bond motifs is 1. The monoisotopic (exact) mass is 510 g/mol. The van der Waals surface area contributed by atoms with Crippen molar-refractivity contribution in [2.24, 2.45) is 0 Å². The van der Waals surface area contributed by atoms with Crippen LogP contribution in [0.4, 0.5) is 0 Å². The Morgan fingerprint density at radius 3 is 2.49 bits per heavy atom. The summed E-state index contributed by atoms with van der Waals surface area (Å²) >= 11 is 12.5. The van der Waals surface area contributed by atoms with E-state index in [1.807, 2.05) is 31.2 Å². The number of aryl methyl sites for hydroxylation is 1. The van der Waals surface area contributed by atoms with E-state index in [1.165, 1.54) is 0 Å². The summed E-state index contributed by atoms with van der Waals surface area (Å²) in [5, 5.41) is 6.53. The molecule has 3 aromatic rings. The Morgan fingerprint density at radius 2 is 1.74 bits per heavy atom. The van der Waals surface area contributed by atoms with E-state index in [2.05, 4.69) is 29.6 Å². The number of amides is 2. The maximum absolute atomic E-state index is 13.7. The van der Waals surface area contributed by atoms with Crippen molar-refractivity contribution < 1.29 is 9.59 Å². The molecule has 0 unspecified atom stereocenters. The molecule has 35 heavy (non-hydrogen) atoms. The van der Waals surface area contributed by atoms with Gasteiger partial charge in [0.25, 0.3) is 0 Å². The van der Waals surface area contributed by atoms with Crippen LogP contribution in [0.1, 0.15) is 56.6 Å². The lowest BCUT2D eigenvalue weighted by molar-refractivity contribution is -0.141. The molecule has 1 N–H and O–H groups in total. The summed E-state index contributed by atoms with van der Waals surface area (Å²) in [6.45, 7) is 2.22. The van der Waals surface area contributed by atoms with Gasteiger partial charge in [0.2, 0.25) is 11.8 Å². The fraction of sp³-hybridized carbons (Fsp3) is 0.379. The molecule has 1 aliphatic carbocycles. The van der Waals surface area contributed by atoms with Gasteiger partial charge in [0.05, 0.1) is 0 Å². The van der Waals surface area contributed by atoms with Crippen LogP contribution in [0.2, 0.25) is 10.0 Å². The fourth-order valence-electron chi connectivity index (χ4n) is 5.02. The summed E-state index contributed by atoms with van der Waals surface area (Å²) in [5.41, 5.74) is 1.91. The minimum Gasteiger partial charge on any atom is -0.352 e. The van der Waals surface area contributed by atoms with Crippen LogP contribution in [0, 0.1) is 0 Å². The summed E-state index contributed by atoms with van der Waals surface area (Å²) in [6.07, 6.45) is 5.72. The van der Waals surface area contributed by atoms with E-state index in [-0.39, 0.29) is 24.4 Å². The smallest absolute Gasteiger partial charge is 0.243 e. The molecule has 0 aliphatic heterocycles. The molecule has 0 aromatic heterocycles. The lowest BCUT2D eigenvalue weighted by Crippen LogP contribution is -2.51. The molecule has 1 aliphatic rings. The van der Waals surface area contributed by atoms with Gasteiger partial charge in [-0.2, -0.15) is 0 Å². The molecule has 3 aromatic carbocycles. The lowest BCUT2D eigenvalue weighted by atomic mass is 10.00. The van der Waals surface area contributed by atoms with Crippen molar-refractivity contribution in [3.05, 3.63) is 81.8 Å². The first kappa shape index (κ1) is 25.5. The highest BCUT2D eigenvalue weighted by molar-refractivity contribution is 6.35. The van der Waals surface area contributed by atoms with Gasteiger partial charge in [-0.1, -0.05) is 91.5 Å². The number of carbonyl (C=O) groups is 2. The van der Waals surface area contributed by atoms with Crippen molar-refractivity contribution in [1.29, 1.82) is 0 Å². The maximum atomic E-state index is 13.7. The maximum Gasteiger partial charge on any atom is 0.243 e. The van der Waals surface area contributed by atoms with Gasteiger partial charge in [-0.15, -0.1) is 0 Å². The molecule has 1 atom stereocenters. The van der Waals surface area contributed by atoms with E-state index in [0.717, 1.165) is 47.6 Å². The molecule has 2 amide bonds. The van der Waals surface area contributed by atoms with Crippen LogP contribution in [-0.2, 0) is 22.6 Å². The minimum absolute atomic E-state index is 0.0580. The number of hydrogen-bond acceptors (Lipinski definition) is 2. The van der Waals surface area contributed by atoms with Gasteiger partial charge in [0.15, 0.2) is 0 Å². The van der Waals surface area contributed by atoms with Crippen LogP contribution < -0.4 is 5.32 Å². The zero-order valence-electron chi connectivity index (χ0n) is 20.1. The Labute approximate surface area is 217 Å². The number of carbonyl (C=O) groups excluding carboxylic acids is 2. The van der Waals surface area contributed by atoms with Gasteiger partial charge in [0.1, 0.15) is 6.04 Å². The largest absolute Gasteiger partial charge is 0.352 e. The summed E-state index contributed by atoms with van der Waals surface area (Å²) in [4.78, 5) is 28.6. The minimum atomic E-state index is -0.553. The van der Waals surface area contributed by atoms with E-state index in [1.54, 1.807) is 17.0 Å². The third-order valence-electron chi connectivity index (χ3n) is 6.93. The van der Waals surface area contributed by atoms with Crippen LogP contribution in [0.15, 0.2) is 60.7 Å². The number of nitrogens with one attached hydrogen (secondary N) is 1. The standard InChI is InChI=1S/C29H32Cl2N2O2/c1-2-27(29(35)32-24-11-4-5-12-24)33(19-22-14-16-23(30)18-26(22)31)28(34)17-15-21-10-7-9-20-8-3-6-13-25(20)21/h3,6-10,13-14,16,18,24,27H,2,4-5,11-12,15,17,19H2,1H3,(H,32,35)/t27-/m0/s1. The summed E-state index contributed by atoms with van der Waals surface area (Å²) in [7, 11) is 0. The quantitative estimate of drug-likeness (QED) is 0.338. The van der Waals surface area contributed by atoms with Crippen molar-refractivity contribution in [1.82, 2.24) is 10.2 Å². The van der Waals surface area contributed by atoms with Crippen LogP contribution in [0.5, 0.6) is 0 Å². The summed E-state index contributed by atoms with van der Waals surface area (Å²) in [6, 6.07) is 19.3. The summed E-state index contributed by atoms with van der Waals surface area (Å²) in [5.74, 6) is -0.139. The molecule has 0 heterocycles. The molecule has 0 spiro atoms. The van der Waals surface area contributed by atoms with Gasteiger partial charge in [-0.25, -0.2) is 0 Å². The number of nitrogens with zero attached hydrogens (tertiary/aromatic N) is 1. The normalized spacial score (nSPS) is 14.7. The zero-order chi connectivity index (χ0) is 24.8. The second kappa shape index (κ2) is 11.9. The molecular formula is C29H32Cl2N2O2. The predicted molar refractivity (Wildman–Crippen MR) is 144 cm³/mol. The predicted octanol–water partition coefficient (Wildman–Crippen LogP) is 6.95. The topological polar surface area (TPSA) is 49.4 Å². The average molecular weight is 511 g/mol. The van der Waals surface area contributed by atoms with E-state index >= 15 is 0 Å². The lowest BCUT2D eigenvalue weighted by Gasteiger charge is -2.32. The first-order chi connectivity index (χ1) is 17.0. The van der Waals surface area contributed by atoms with Gasteiger partial charge >= 0.3 is 0 Å². The SMILES string of the molecule is CC[C@@H](C(=O)NC1CCCC1)N(Cc1ccc(Cl)cc1Cl)C(=O)CCc1cccc2ccccc12. The van der Waals surface area contributed by atoms with Crippen LogP contribution in [0.3, 0.4) is 0 Å². The molecule has 1 fully saturated rings. The number of rotatable bonds is 9. The Bertz CT molecular complexity index is 1190. The third-order valence-corrected chi connectivity index (χ3v) is 7.52. The fourth-order valence-corrected chi connectivity index (χ4v) is 5.48. The highest BCUT2D eigenvalue weighted by atomic mass is 35.5. The second-order valence-electron chi connectivity index (χ2n) is 9.31. The van der Waals surface area contributed by atoms with E-state index < -0.39 is 6.04 Å². The average Bonchev–Trinajstić information content (AvgIpc) is 3.36.